The lowest BCUT2D eigenvalue weighted by molar-refractivity contribution is -0.123. The molecule has 4 aromatic carbocycles. The second-order valence-corrected chi connectivity index (χ2v) is 11.3. The summed E-state index contributed by atoms with van der Waals surface area (Å²) in [5.41, 5.74) is 3.62. The third-order valence-corrected chi connectivity index (χ3v) is 8.16. The van der Waals surface area contributed by atoms with Gasteiger partial charge in [0.25, 0.3) is 17.1 Å². The normalized spacial score (nSPS) is 14.1. The highest BCUT2D eigenvalue weighted by Gasteiger charge is 2.34. The molecule has 1 aliphatic rings. The zero-order valence-electron chi connectivity index (χ0n) is 22.5. The van der Waals surface area contributed by atoms with Gasteiger partial charge in [-0.15, -0.1) is 0 Å². The topological polar surface area (TPSA) is 84.9 Å². The number of amides is 3. The van der Waals surface area contributed by atoms with E-state index in [0.29, 0.717) is 22.1 Å². The van der Waals surface area contributed by atoms with Gasteiger partial charge in [0.15, 0.2) is 6.61 Å². The van der Waals surface area contributed by atoms with Gasteiger partial charge >= 0.3 is 0 Å². The summed E-state index contributed by atoms with van der Waals surface area (Å²) in [6.45, 7) is 4.18. The van der Waals surface area contributed by atoms with E-state index >= 15 is 0 Å². The van der Waals surface area contributed by atoms with E-state index in [4.69, 9.17) is 9.47 Å². The van der Waals surface area contributed by atoms with Crippen molar-refractivity contribution < 1.29 is 23.9 Å². The van der Waals surface area contributed by atoms with Gasteiger partial charge in [-0.25, -0.2) is 0 Å². The van der Waals surface area contributed by atoms with Crippen molar-refractivity contribution in [1.29, 1.82) is 0 Å². The molecule has 1 aliphatic heterocycles. The van der Waals surface area contributed by atoms with Crippen LogP contribution < -0.4 is 14.8 Å². The van der Waals surface area contributed by atoms with E-state index < -0.39 is 0 Å². The molecule has 3 amide bonds. The quantitative estimate of drug-likeness (QED) is 0.195. The Balaban J connectivity index is 1.14. The molecule has 0 bridgehead atoms. The summed E-state index contributed by atoms with van der Waals surface area (Å²) in [4.78, 5) is 39.4. The van der Waals surface area contributed by atoms with Gasteiger partial charge in [-0.1, -0.05) is 48.5 Å². The zero-order valence-corrected chi connectivity index (χ0v) is 24.9. The minimum absolute atomic E-state index is 0.152. The van der Waals surface area contributed by atoms with Crippen molar-refractivity contribution in [3.63, 3.8) is 0 Å². The van der Waals surface area contributed by atoms with Gasteiger partial charge in [-0.05, 0) is 100 Å². The maximum absolute atomic E-state index is 12.9. The fraction of sp³-hybridized carbons (Fsp3) is 0.156. The van der Waals surface area contributed by atoms with Crippen LogP contribution in [-0.2, 0) is 9.59 Å². The number of halogens is 1. The predicted molar refractivity (Wildman–Crippen MR) is 166 cm³/mol. The molecule has 0 spiro atoms. The first-order chi connectivity index (χ1) is 19.8. The van der Waals surface area contributed by atoms with Gasteiger partial charge in [0, 0.05) is 9.86 Å². The van der Waals surface area contributed by atoms with Crippen molar-refractivity contribution in [1.82, 2.24) is 4.90 Å². The fourth-order valence-corrected chi connectivity index (χ4v) is 5.71. The number of benzene rings is 4. The second-order valence-electron chi connectivity index (χ2n) is 9.48. The number of anilines is 1. The molecule has 9 heteroatoms. The standard InChI is InChI=1S/C32H27BrN2O5S/c1-20-16-26(33)27(17-21(20)2)34-30(36)19-40-24-12-10-22(11-13-24)18-29-31(37)35(32(38)41-29)14-15-39-28-9-5-7-23-6-3-4-8-25(23)28/h3-13,16-18H,14-15,19H2,1-2H3,(H,34,36)/b29-18-. The van der Waals surface area contributed by atoms with E-state index in [-0.39, 0.29) is 36.8 Å². The van der Waals surface area contributed by atoms with Gasteiger partial charge in [-0.2, -0.15) is 0 Å². The number of thioether (sulfide) groups is 1. The highest BCUT2D eigenvalue weighted by molar-refractivity contribution is 9.10. The van der Waals surface area contributed by atoms with Crippen molar-refractivity contribution in [2.24, 2.45) is 0 Å². The average Bonchev–Trinajstić information content (AvgIpc) is 3.23. The van der Waals surface area contributed by atoms with Gasteiger partial charge in [-0.3, -0.25) is 19.3 Å². The molecule has 0 radical (unpaired) electrons. The first kappa shape index (κ1) is 28.4. The fourth-order valence-electron chi connectivity index (χ4n) is 4.28. The Morgan fingerprint density at radius 1 is 0.951 bits per heavy atom. The first-order valence-electron chi connectivity index (χ1n) is 12.9. The summed E-state index contributed by atoms with van der Waals surface area (Å²) in [6, 6.07) is 24.5. The van der Waals surface area contributed by atoms with Gasteiger partial charge in [0.05, 0.1) is 17.1 Å². The summed E-state index contributed by atoms with van der Waals surface area (Å²) in [5.74, 6) is 0.589. The lowest BCUT2D eigenvalue weighted by Crippen LogP contribution is -2.32. The SMILES string of the molecule is Cc1cc(Br)c(NC(=O)COc2ccc(/C=C3\SC(=O)N(CCOc4cccc5ccccc45)C3=O)cc2)cc1C. The molecule has 0 atom stereocenters. The molecule has 1 fully saturated rings. The Labute approximate surface area is 250 Å². The molecule has 0 unspecified atom stereocenters. The molecule has 1 heterocycles. The molecular formula is C32H27BrN2O5S. The van der Waals surface area contributed by atoms with Crippen LogP contribution in [0.3, 0.4) is 0 Å². The first-order valence-corrected chi connectivity index (χ1v) is 14.5. The Hall–Kier alpha value is -4.08. The molecule has 0 aliphatic carbocycles. The largest absolute Gasteiger partial charge is 0.491 e. The highest BCUT2D eigenvalue weighted by atomic mass is 79.9. The van der Waals surface area contributed by atoms with Crippen LogP contribution in [0.25, 0.3) is 16.8 Å². The van der Waals surface area contributed by atoms with Crippen molar-refractivity contribution in [3.8, 4) is 11.5 Å². The number of imide groups is 1. The summed E-state index contributed by atoms with van der Waals surface area (Å²) in [5, 5.41) is 4.56. The predicted octanol–water partition coefficient (Wildman–Crippen LogP) is 7.35. The maximum atomic E-state index is 12.9. The lowest BCUT2D eigenvalue weighted by atomic mass is 10.1. The summed E-state index contributed by atoms with van der Waals surface area (Å²) < 4.78 is 12.3. The Morgan fingerprint density at radius 3 is 2.49 bits per heavy atom. The van der Waals surface area contributed by atoms with Gasteiger partial charge in [0.1, 0.15) is 18.1 Å². The van der Waals surface area contributed by atoms with E-state index in [1.165, 1.54) is 4.90 Å². The minimum Gasteiger partial charge on any atom is -0.491 e. The van der Waals surface area contributed by atoms with E-state index in [1.807, 2.05) is 68.4 Å². The van der Waals surface area contributed by atoms with Crippen molar-refractivity contribution >= 4 is 67.3 Å². The van der Waals surface area contributed by atoms with Crippen LogP contribution in [0, 0.1) is 13.8 Å². The van der Waals surface area contributed by atoms with E-state index in [1.54, 1.807) is 30.3 Å². The average molecular weight is 632 g/mol. The van der Waals surface area contributed by atoms with Gasteiger partial charge in [0.2, 0.25) is 0 Å². The van der Waals surface area contributed by atoms with Crippen molar-refractivity contribution in [2.75, 3.05) is 25.1 Å². The van der Waals surface area contributed by atoms with Crippen LogP contribution in [-0.4, -0.2) is 41.7 Å². The van der Waals surface area contributed by atoms with Crippen LogP contribution >= 0.6 is 27.7 Å². The number of carbonyl (C=O) groups excluding carboxylic acids is 3. The third kappa shape index (κ3) is 6.81. The molecule has 4 aromatic rings. The van der Waals surface area contributed by atoms with Crippen LogP contribution in [0.1, 0.15) is 16.7 Å². The van der Waals surface area contributed by atoms with Gasteiger partial charge < -0.3 is 14.8 Å². The Bertz CT molecular complexity index is 1660. The maximum Gasteiger partial charge on any atom is 0.293 e. The molecule has 0 saturated carbocycles. The number of rotatable bonds is 9. The van der Waals surface area contributed by atoms with Crippen LogP contribution in [0.4, 0.5) is 10.5 Å². The summed E-state index contributed by atoms with van der Waals surface area (Å²) >= 11 is 4.38. The molecule has 208 valence electrons. The van der Waals surface area contributed by atoms with Crippen LogP contribution in [0.15, 0.2) is 88.2 Å². The van der Waals surface area contributed by atoms with Crippen molar-refractivity contribution in [3.05, 3.63) is 105 Å². The molecular weight excluding hydrogens is 604 g/mol. The molecule has 5 rings (SSSR count). The number of carbonyl (C=O) groups is 3. The smallest absolute Gasteiger partial charge is 0.293 e. The van der Waals surface area contributed by atoms with Crippen LogP contribution in [0.5, 0.6) is 11.5 Å². The highest BCUT2D eigenvalue weighted by Crippen LogP contribution is 2.33. The number of hydrogen-bond donors (Lipinski definition) is 1. The number of hydrogen-bond acceptors (Lipinski definition) is 6. The minimum atomic E-state index is -0.351. The van der Waals surface area contributed by atoms with Crippen LogP contribution in [0.2, 0.25) is 0 Å². The molecule has 7 nitrogen and oxygen atoms in total. The number of ether oxygens (including phenoxy) is 2. The summed E-state index contributed by atoms with van der Waals surface area (Å²) in [6.07, 6.45) is 1.67. The third-order valence-electron chi connectivity index (χ3n) is 6.60. The molecule has 41 heavy (non-hydrogen) atoms. The second kappa shape index (κ2) is 12.6. The molecule has 0 aromatic heterocycles. The Morgan fingerprint density at radius 2 is 1.68 bits per heavy atom. The number of aryl methyl sites for hydroxylation is 2. The zero-order chi connectivity index (χ0) is 28.9. The van der Waals surface area contributed by atoms with Crippen molar-refractivity contribution in [2.45, 2.75) is 13.8 Å². The molecule has 1 N–H and O–H groups in total. The number of nitrogens with one attached hydrogen (secondary N) is 1. The lowest BCUT2D eigenvalue weighted by Gasteiger charge is -2.14. The number of fused-ring (bicyclic) bond motifs is 1. The monoisotopic (exact) mass is 630 g/mol. The van der Waals surface area contributed by atoms with E-state index in [9.17, 15) is 14.4 Å². The summed E-state index contributed by atoms with van der Waals surface area (Å²) in [7, 11) is 0. The van der Waals surface area contributed by atoms with E-state index in [2.05, 4.69) is 21.2 Å². The molecule has 1 saturated heterocycles. The Kier molecular flexibility index (Phi) is 8.75. The van der Waals surface area contributed by atoms with E-state index in [0.717, 1.165) is 43.7 Å². The number of nitrogens with zero attached hydrogens (tertiary/aromatic N) is 1.